The number of ether oxygens (including phenoxy) is 1. The second kappa shape index (κ2) is 7.64. The van der Waals surface area contributed by atoms with E-state index in [1.807, 2.05) is 31.2 Å². The lowest BCUT2D eigenvalue weighted by Crippen LogP contribution is -2.18. The molecule has 0 radical (unpaired) electrons. The van der Waals surface area contributed by atoms with Gasteiger partial charge in [-0.05, 0) is 35.8 Å². The van der Waals surface area contributed by atoms with Crippen LogP contribution in [0.1, 0.15) is 18.4 Å². The van der Waals surface area contributed by atoms with E-state index >= 15 is 0 Å². The van der Waals surface area contributed by atoms with E-state index in [9.17, 15) is 4.79 Å². The molecule has 0 aliphatic rings. The lowest BCUT2D eigenvalue weighted by atomic mass is 10.2. The van der Waals surface area contributed by atoms with Crippen molar-refractivity contribution < 1.29 is 4.74 Å². The van der Waals surface area contributed by atoms with Crippen LogP contribution in [-0.4, -0.2) is 29.1 Å². The van der Waals surface area contributed by atoms with Crippen molar-refractivity contribution in [3.8, 4) is 17.9 Å². The number of aromatic nitrogens is 6. The van der Waals surface area contributed by atoms with E-state index in [2.05, 4.69) is 47.7 Å². The summed E-state index contributed by atoms with van der Waals surface area (Å²) in [7, 11) is 1.74. The second-order valence-electron chi connectivity index (χ2n) is 6.36. The topological polar surface area (TPSA) is 87.7 Å². The van der Waals surface area contributed by atoms with Crippen molar-refractivity contribution in [3.63, 3.8) is 0 Å². The molecule has 9 heteroatoms. The van der Waals surface area contributed by atoms with E-state index < -0.39 is 5.56 Å². The highest BCUT2D eigenvalue weighted by molar-refractivity contribution is 9.10. The van der Waals surface area contributed by atoms with E-state index in [4.69, 9.17) is 4.74 Å². The Labute approximate surface area is 174 Å². The minimum atomic E-state index is -0.431. The Kier molecular flexibility index (Phi) is 5.03. The molecule has 0 aliphatic heterocycles. The van der Waals surface area contributed by atoms with Gasteiger partial charge in [0.15, 0.2) is 28.3 Å². The number of hydrogen-bond acceptors (Lipinski definition) is 6. The van der Waals surface area contributed by atoms with E-state index in [1.165, 1.54) is 0 Å². The molecule has 4 rings (SSSR count). The van der Waals surface area contributed by atoms with Crippen LogP contribution in [0.2, 0.25) is 0 Å². The SMILES string of the molecule is CC#CCn1c(Br)nc2c1c(=O)nc(OCc1nc(C)c3ccccc3n1)n2C. The molecule has 1 aromatic carbocycles. The Bertz CT molecular complexity index is 1360. The summed E-state index contributed by atoms with van der Waals surface area (Å²) in [6, 6.07) is 7.93. The lowest BCUT2D eigenvalue weighted by molar-refractivity contribution is 0.260. The smallest absolute Gasteiger partial charge is 0.302 e. The van der Waals surface area contributed by atoms with Crippen molar-refractivity contribution in [3.05, 3.63) is 50.9 Å². The molecule has 0 N–H and O–H groups in total. The first-order chi connectivity index (χ1) is 14.0. The van der Waals surface area contributed by atoms with Crippen LogP contribution in [0.4, 0.5) is 0 Å². The van der Waals surface area contributed by atoms with Crippen molar-refractivity contribution in [1.82, 2.24) is 29.1 Å². The number of rotatable bonds is 4. The highest BCUT2D eigenvalue weighted by atomic mass is 79.9. The summed E-state index contributed by atoms with van der Waals surface area (Å²) in [5.74, 6) is 6.26. The molecule has 4 aromatic rings. The summed E-state index contributed by atoms with van der Waals surface area (Å²) in [5, 5.41) is 0.994. The molecule has 8 nitrogen and oxygen atoms in total. The van der Waals surface area contributed by atoms with E-state index in [1.54, 1.807) is 23.1 Å². The molecular weight excluding hydrogens is 436 g/mol. The number of hydrogen-bond donors (Lipinski definition) is 0. The molecule has 0 amide bonds. The molecule has 0 unspecified atom stereocenters. The van der Waals surface area contributed by atoms with Crippen LogP contribution in [0.3, 0.4) is 0 Å². The molecule has 0 saturated carbocycles. The summed E-state index contributed by atoms with van der Waals surface area (Å²) >= 11 is 3.38. The molecule has 146 valence electrons. The lowest BCUT2D eigenvalue weighted by Gasteiger charge is -2.10. The number of aryl methyl sites for hydroxylation is 2. The second-order valence-corrected chi connectivity index (χ2v) is 7.06. The van der Waals surface area contributed by atoms with Crippen LogP contribution >= 0.6 is 15.9 Å². The Hall–Kier alpha value is -3.25. The van der Waals surface area contributed by atoms with Gasteiger partial charge in [-0.2, -0.15) is 4.98 Å². The van der Waals surface area contributed by atoms with Crippen LogP contribution in [0.5, 0.6) is 6.01 Å². The third-order valence-corrected chi connectivity index (χ3v) is 5.10. The van der Waals surface area contributed by atoms with E-state index in [0.717, 1.165) is 16.6 Å². The summed E-state index contributed by atoms with van der Waals surface area (Å²) in [5.41, 5.74) is 2.11. The van der Waals surface area contributed by atoms with Gasteiger partial charge in [-0.3, -0.25) is 9.36 Å². The maximum absolute atomic E-state index is 12.6. The first-order valence-electron chi connectivity index (χ1n) is 8.87. The summed E-state index contributed by atoms with van der Waals surface area (Å²) in [6.45, 7) is 4.10. The number of fused-ring (bicyclic) bond motifs is 2. The summed E-state index contributed by atoms with van der Waals surface area (Å²) in [6.07, 6.45) is 0. The monoisotopic (exact) mass is 452 g/mol. The van der Waals surface area contributed by atoms with Crippen LogP contribution in [0, 0.1) is 18.8 Å². The van der Waals surface area contributed by atoms with Gasteiger partial charge in [0.05, 0.1) is 12.1 Å². The highest BCUT2D eigenvalue weighted by Crippen LogP contribution is 2.20. The van der Waals surface area contributed by atoms with Crippen molar-refractivity contribution in [2.75, 3.05) is 0 Å². The van der Waals surface area contributed by atoms with E-state index in [-0.39, 0.29) is 12.6 Å². The van der Waals surface area contributed by atoms with Crippen LogP contribution in [0.15, 0.2) is 33.8 Å². The predicted molar refractivity (Wildman–Crippen MR) is 113 cm³/mol. The Balaban J connectivity index is 1.69. The standard InChI is InChI=1S/C20H17BrN6O2/c1-4-5-10-27-16-17(24-19(27)21)26(3)20(25-18(16)28)29-11-15-22-12(2)13-8-6-7-9-14(13)23-15/h6-9H,10-11H2,1-3H3. The highest BCUT2D eigenvalue weighted by Gasteiger charge is 2.18. The van der Waals surface area contributed by atoms with Crippen molar-refractivity contribution in [2.24, 2.45) is 7.05 Å². The van der Waals surface area contributed by atoms with Gasteiger partial charge in [-0.1, -0.05) is 24.1 Å². The predicted octanol–water partition coefficient (Wildman–Crippen LogP) is 2.75. The largest absolute Gasteiger partial charge is 0.456 e. The number of para-hydroxylation sites is 1. The van der Waals surface area contributed by atoms with Crippen LogP contribution < -0.4 is 10.3 Å². The number of halogens is 1. The van der Waals surface area contributed by atoms with Gasteiger partial charge in [-0.15, -0.1) is 5.92 Å². The Morgan fingerprint density at radius 1 is 1.17 bits per heavy atom. The van der Waals surface area contributed by atoms with Crippen molar-refractivity contribution in [2.45, 2.75) is 27.0 Å². The van der Waals surface area contributed by atoms with Crippen LogP contribution in [0.25, 0.3) is 22.1 Å². The maximum Gasteiger partial charge on any atom is 0.302 e. The maximum atomic E-state index is 12.6. The molecule has 0 atom stereocenters. The third kappa shape index (κ3) is 3.47. The molecule has 0 saturated heterocycles. The molecule has 3 heterocycles. The first-order valence-corrected chi connectivity index (χ1v) is 9.66. The summed E-state index contributed by atoms with van der Waals surface area (Å²) < 4.78 is 9.60. The van der Waals surface area contributed by atoms with Crippen LogP contribution in [-0.2, 0) is 20.2 Å². The van der Waals surface area contributed by atoms with Gasteiger partial charge in [0.1, 0.15) is 0 Å². The quantitative estimate of drug-likeness (QED) is 0.349. The minimum Gasteiger partial charge on any atom is -0.456 e. The summed E-state index contributed by atoms with van der Waals surface area (Å²) in [4.78, 5) is 30.1. The van der Waals surface area contributed by atoms with Gasteiger partial charge in [0, 0.05) is 18.1 Å². The average Bonchev–Trinajstić information content (AvgIpc) is 3.05. The molecular formula is C20H17BrN6O2. The fourth-order valence-corrected chi connectivity index (χ4v) is 3.55. The molecule has 0 spiro atoms. The number of benzene rings is 1. The zero-order valence-corrected chi connectivity index (χ0v) is 17.7. The van der Waals surface area contributed by atoms with E-state index in [0.29, 0.717) is 28.3 Å². The van der Waals surface area contributed by atoms with Crippen molar-refractivity contribution in [1.29, 1.82) is 0 Å². The van der Waals surface area contributed by atoms with Gasteiger partial charge >= 0.3 is 11.6 Å². The average molecular weight is 453 g/mol. The Morgan fingerprint density at radius 3 is 2.76 bits per heavy atom. The fraction of sp³-hybridized carbons (Fsp3) is 0.250. The molecule has 0 fully saturated rings. The number of imidazole rings is 1. The van der Waals surface area contributed by atoms with Gasteiger partial charge in [0.2, 0.25) is 0 Å². The number of nitrogens with zero attached hydrogens (tertiary/aromatic N) is 6. The normalized spacial score (nSPS) is 10.9. The first kappa shape index (κ1) is 19.1. The molecule has 0 bridgehead atoms. The Morgan fingerprint density at radius 2 is 1.97 bits per heavy atom. The zero-order chi connectivity index (χ0) is 20.5. The minimum absolute atomic E-state index is 0.0840. The van der Waals surface area contributed by atoms with Gasteiger partial charge in [-0.25, -0.2) is 15.0 Å². The van der Waals surface area contributed by atoms with Crippen molar-refractivity contribution >= 4 is 38.0 Å². The fourth-order valence-electron chi connectivity index (χ4n) is 3.08. The third-order valence-electron chi connectivity index (χ3n) is 4.49. The molecule has 3 aromatic heterocycles. The zero-order valence-electron chi connectivity index (χ0n) is 16.1. The molecule has 29 heavy (non-hydrogen) atoms. The van der Waals surface area contributed by atoms with Gasteiger partial charge < -0.3 is 9.30 Å². The van der Waals surface area contributed by atoms with Gasteiger partial charge in [0.25, 0.3) is 0 Å². The molecule has 0 aliphatic carbocycles.